The van der Waals surface area contributed by atoms with Crippen molar-refractivity contribution in [2.45, 2.75) is 0 Å². The molecule has 1 radical (unpaired) electrons. The van der Waals surface area contributed by atoms with Gasteiger partial charge in [0.1, 0.15) is 0 Å². The Hall–Kier alpha value is -0.606. The zero-order valence-electron chi connectivity index (χ0n) is 6.06. The van der Waals surface area contributed by atoms with E-state index in [-0.39, 0.29) is 44.0 Å². The van der Waals surface area contributed by atoms with Gasteiger partial charge in [-0.15, -0.1) is 6.07 Å². The van der Waals surface area contributed by atoms with Crippen LogP contribution in [0.1, 0.15) is 5.56 Å². The molecular weight excluding hydrogens is 235 g/mol. The zero-order valence-corrected chi connectivity index (χ0v) is 8.90. The maximum atomic E-state index is 10.2. The van der Waals surface area contributed by atoms with E-state index >= 15 is 0 Å². The van der Waals surface area contributed by atoms with Gasteiger partial charge in [-0.2, -0.15) is 6.07 Å². The number of para-hydroxylation sites is 1. The van der Waals surface area contributed by atoms with Crippen molar-refractivity contribution in [1.29, 1.82) is 0 Å². The summed E-state index contributed by atoms with van der Waals surface area (Å²) in [6, 6.07) is 5.66. The molecule has 1 aromatic carbocycles. The van der Waals surface area contributed by atoms with Gasteiger partial charge in [0.2, 0.25) is 0 Å². The molecular formula is C7H4NO3Y-. The van der Waals surface area contributed by atoms with E-state index in [4.69, 9.17) is 0 Å². The number of nitrogens with zero attached hydrogens (tertiary/aromatic N) is 1. The molecule has 1 aromatic rings. The van der Waals surface area contributed by atoms with Crippen molar-refractivity contribution in [3.8, 4) is 0 Å². The van der Waals surface area contributed by atoms with Gasteiger partial charge >= 0.3 is 0 Å². The van der Waals surface area contributed by atoms with Gasteiger partial charge in [0.25, 0.3) is 0 Å². The summed E-state index contributed by atoms with van der Waals surface area (Å²) >= 11 is 0. The Kier molecular flexibility index (Phi) is 4.85. The van der Waals surface area contributed by atoms with Gasteiger partial charge < -0.3 is 4.79 Å². The molecule has 1 rings (SSSR count). The first-order valence-corrected chi connectivity index (χ1v) is 2.87. The second-order valence-corrected chi connectivity index (χ2v) is 1.88. The molecule has 0 aliphatic carbocycles. The summed E-state index contributed by atoms with van der Waals surface area (Å²) in [5, 5.41) is 10.2. The van der Waals surface area contributed by atoms with E-state index in [1.807, 2.05) is 0 Å². The van der Waals surface area contributed by atoms with Crippen molar-refractivity contribution in [1.82, 2.24) is 0 Å². The quantitative estimate of drug-likeness (QED) is 0.440. The number of benzene rings is 1. The van der Waals surface area contributed by atoms with Crippen molar-refractivity contribution in [2.75, 3.05) is 0 Å². The standard InChI is InChI=1S/C7H4NO3.Y/c9-5-6-3-1-2-4-7(6)8(10)11;/h1-4H;/q-1;. The van der Waals surface area contributed by atoms with Crippen LogP contribution in [0.2, 0.25) is 0 Å². The van der Waals surface area contributed by atoms with Crippen LogP contribution in [0.5, 0.6) is 0 Å². The SMILES string of the molecule is O=[C-]c1ccccc1[N+](=O)[O-].[Y]. The molecule has 5 heteroatoms. The molecule has 0 atom stereocenters. The third-order valence-corrected chi connectivity index (χ3v) is 1.21. The second kappa shape index (κ2) is 5.11. The molecule has 0 N–H and O–H groups in total. The van der Waals surface area contributed by atoms with E-state index in [2.05, 4.69) is 0 Å². The van der Waals surface area contributed by atoms with Crippen LogP contribution in [0, 0.1) is 10.1 Å². The average molecular weight is 239 g/mol. The Morgan fingerprint density at radius 2 is 1.92 bits per heavy atom. The van der Waals surface area contributed by atoms with E-state index in [9.17, 15) is 14.9 Å². The fourth-order valence-electron chi connectivity index (χ4n) is 0.719. The summed E-state index contributed by atoms with van der Waals surface area (Å²) in [4.78, 5) is 19.7. The number of hydrogen-bond donors (Lipinski definition) is 0. The van der Waals surface area contributed by atoms with Gasteiger partial charge in [0.15, 0.2) is 5.69 Å². The van der Waals surface area contributed by atoms with Crippen LogP contribution in [-0.4, -0.2) is 11.2 Å². The molecule has 0 bridgehead atoms. The van der Waals surface area contributed by atoms with E-state index in [0.29, 0.717) is 0 Å². The molecule has 0 aromatic heterocycles. The average Bonchev–Trinajstić information content (AvgIpc) is 2.04. The van der Waals surface area contributed by atoms with Crippen LogP contribution >= 0.6 is 0 Å². The normalized spacial score (nSPS) is 8.33. The summed E-state index contributed by atoms with van der Waals surface area (Å²) in [7, 11) is 0. The smallest absolute Gasteiger partial charge is 0.173 e. The molecule has 0 heterocycles. The van der Waals surface area contributed by atoms with Gasteiger partial charge in [0.05, 0.1) is 6.29 Å². The summed E-state index contributed by atoms with van der Waals surface area (Å²) in [6.07, 6.45) is 1.49. The van der Waals surface area contributed by atoms with Crippen molar-refractivity contribution in [2.24, 2.45) is 0 Å². The first-order valence-electron chi connectivity index (χ1n) is 2.87. The Labute approximate surface area is 94.0 Å². The Balaban J connectivity index is 0.00000121. The van der Waals surface area contributed by atoms with Gasteiger partial charge in [-0.05, 0) is 6.07 Å². The van der Waals surface area contributed by atoms with Gasteiger partial charge in [-0.1, -0.05) is 11.6 Å². The summed E-state index contributed by atoms with van der Waals surface area (Å²) in [5.74, 6) is 0. The van der Waals surface area contributed by atoms with Crippen LogP contribution in [0.3, 0.4) is 0 Å². The monoisotopic (exact) mass is 239 g/mol. The van der Waals surface area contributed by atoms with Crippen molar-refractivity contribution >= 4 is 12.0 Å². The molecule has 0 aliphatic heterocycles. The van der Waals surface area contributed by atoms with Gasteiger partial charge in [-0.3, -0.25) is 10.1 Å². The summed E-state index contributed by atoms with van der Waals surface area (Å²) < 4.78 is 0. The van der Waals surface area contributed by atoms with Gasteiger partial charge in [0, 0.05) is 37.6 Å². The minimum absolute atomic E-state index is 0. The van der Waals surface area contributed by atoms with E-state index in [1.165, 1.54) is 24.5 Å². The molecule has 0 saturated carbocycles. The summed E-state index contributed by atoms with van der Waals surface area (Å²) in [5.41, 5.74) is -0.222. The maximum absolute atomic E-state index is 10.2. The van der Waals surface area contributed by atoms with Crippen molar-refractivity contribution < 1.29 is 42.4 Å². The molecule has 59 valence electrons. The third kappa shape index (κ3) is 2.46. The van der Waals surface area contributed by atoms with Crippen LogP contribution in [-0.2, 0) is 37.5 Å². The molecule has 0 saturated heterocycles. The van der Waals surface area contributed by atoms with Gasteiger partial charge in [-0.25, -0.2) is 0 Å². The fraction of sp³-hybridized carbons (Fsp3) is 0. The number of hydrogen-bond acceptors (Lipinski definition) is 3. The Morgan fingerprint density at radius 1 is 1.33 bits per heavy atom. The number of nitro groups is 1. The maximum Gasteiger partial charge on any atom is 0.173 e. The molecule has 4 nitrogen and oxygen atoms in total. The largest absolute Gasteiger partial charge is 0.376 e. The molecule has 0 fully saturated rings. The second-order valence-electron chi connectivity index (χ2n) is 1.88. The minimum atomic E-state index is -0.611. The van der Waals surface area contributed by atoms with Crippen LogP contribution in [0.25, 0.3) is 0 Å². The van der Waals surface area contributed by atoms with E-state index in [1.54, 1.807) is 6.07 Å². The van der Waals surface area contributed by atoms with Crippen LogP contribution in [0.4, 0.5) is 5.69 Å². The molecule has 0 unspecified atom stereocenters. The molecule has 0 aliphatic rings. The first-order chi connectivity index (χ1) is 5.25. The van der Waals surface area contributed by atoms with E-state index in [0.717, 1.165) is 0 Å². The van der Waals surface area contributed by atoms with Crippen molar-refractivity contribution in [3.05, 3.63) is 39.9 Å². The zero-order chi connectivity index (χ0) is 8.27. The van der Waals surface area contributed by atoms with Crippen LogP contribution in [0.15, 0.2) is 24.3 Å². The Morgan fingerprint density at radius 3 is 2.33 bits per heavy atom. The first kappa shape index (κ1) is 11.4. The Bertz CT molecular complexity index is 300. The number of carbonyl (C=O) groups excluding carboxylic acids is 1. The van der Waals surface area contributed by atoms with E-state index < -0.39 is 4.92 Å². The topological polar surface area (TPSA) is 60.2 Å². The molecule has 0 amide bonds. The predicted octanol–water partition coefficient (Wildman–Crippen LogP) is 1.05. The van der Waals surface area contributed by atoms with Crippen molar-refractivity contribution in [3.63, 3.8) is 0 Å². The molecule has 12 heavy (non-hydrogen) atoms. The minimum Gasteiger partial charge on any atom is -0.376 e. The third-order valence-electron chi connectivity index (χ3n) is 1.21. The summed E-state index contributed by atoms with van der Waals surface area (Å²) in [6.45, 7) is 0. The van der Waals surface area contributed by atoms with Crippen LogP contribution < -0.4 is 0 Å². The number of nitro benzene ring substituents is 1. The molecule has 0 spiro atoms. The number of rotatable bonds is 2. The predicted molar refractivity (Wildman–Crippen MR) is 37.9 cm³/mol. The fourth-order valence-corrected chi connectivity index (χ4v) is 0.719.